The molecule has 0 radical (unpaired) electrons. The van der Waals surface area contributed by atoms with Crippen molar-refractivity contribution in [3.8, 4) is 0 Å². The van der Waals surface area contributed by atoms with Gasteiger partial charge in [-0.25, -0.2) is 0 Å². The van der Waals surface area contributed by atoms with E-state index in [1.807, 2.05) is 10.6 Å². The molecule has 7 heteroatoms. The highest BCUT2D eigenvalue weighted by Crippen LogP contribution is 2.32. The summed E-state index contributed by atoms with van der Waals surface area (Å²) in [7, 11) is 1.76. The molecule has 4 nitrogen and oxygen atoms in total. The Morgan fingerprint density at radius 2 is 1.64 bits per heavy atom. The van der Waals surface area contributed by atoms with E-state index < -0.39 is 11.7 Å². The van der Waals surface area contributed by atoms with Crippen molar-refractivity contribution in [3.63, 3.8) is 0 Å². The van der Waals surface area contributed by atoms with Gasteiger partial charge in [-0.3, -0.25) is 9.69 Å². The number of hydrogen-bond acceptors (Lipinski definition) is 3. The van der Waals surface area contributed by atoms with Gasteiger partial charge in [0.25, 0.3) is 5.56 Å². The second-order valence-corrected chi connectivity index (χ2v) is 10.00. The van der Waals surface area contributed by atoms with E-state index in [0.29, 0.717) is 12.1 Å². The number of aromatic nitrogens is 1. The van der Waals surface area contributed by atoms with Gasteiger partial charge in [-0.2, -0.15) is 13.2 Å². The van der Waals surface area contributed by atoms with Gasteiger partial charge in [0.05, 0.1) is 11.1 Å². The van der Waals surface area contributed by atoms with E-state index in [1.54, 1.807) is 18.0 Å². The Morgan fingerprint density at radius 3 is 2.36 bits per heavy atom. The molecule has 0 spiro atoms. The molecule has 0 atom stereocenters. The number of rotatable bonds is 9. The van der Waals surface area contributed by atoms with Crippen LogP contribution in [0.5, 0.6) is 0 Å². The summed E-state index contributed by atoms with van der Waals surface area (Å²) in [6.45, 7) is 6.09. The van der Waals surface area contributed by atoms with Crippen LogP contribution in [0.25, 0.3) is 10.9 Å². The summed E-state index contributed by atoms with van der Waals surface area (Å²) in [4.78, 5) is 17.9. The van der Waals surface area contributed by atoms with E-state index >= 15 is 0 Å². The molecule has 0 N–H and O–H groups in total. The molecule has 0 bridgehead atoms. The van der Waals surface area contributed by atoms with Crippen molar-refractivity contribution < 1.29 is 13.2 Å². The van der Waals surface area contributed by atoms with E-state index in [0.717, 1.165) is 49.4 Å². The first-order valence-corrected chi connectivity index (χ1v) is 13.0. The summed E-state index contributed by atoms with van der Waals surface area (Å²) in [5.41, 5.74) is 2.29. The van der Waals surface area contributed by atoms with Gasteiger partial charge in [-0.1, -0.05) is 50.1 Å². The van der Waals surface area contributed by atoms with E-state index in [9.17, 15) is 18.0 Å². The topological polar surface area (TPSA) is 28.5 Å². The molecule has 36 heavy (non-hydrogen) atoms. The molecule has 1 saturated heterocycles. The van der Waals surface area contributed by atoms with Crippen molar-refractivity contribution in [2.75, 3.05) is 26.7 Å². The standard InChI is InChI=1S/C29H36F3N3O/c1-3-9-22-12-13-23-19-25(21-33(2)20-24-10-5-6-11-26(24)29(30,31)32)28(36)35(27(23)18-22)17-16-34-14-7-4-8-15-34/h5-6,10-13,18-19H,3-4,7-9,14-17,20-21H2,1-2H3. The van der Waals surface area contributed by atoms with Crippen LogP contribution in [0.3, 0.4) is 0 Å². The molecule has 2 aromatic carbocycles. The Labute approximate surface area is 211 Å². The van der Waals surface area contributed by atoms with Gasteiger partial charge < -0.3 is 9.47 Å². The van der Waals surface area contributed by atoms with Gasteiger partial charge >= 0.3 is 6.18 Å². The van der Waals surface area contributed by atoms with Gasteiger partial charge in [0, 0.05) is 31.7 Å². The highest BCUT2D eigenvalue weighted by atomic mass is 19.4. The first-order valence-electron chi connectivity index (χ1n) is 13.0. The van der Waals surface area contributed by atoms with E-state index in [2.05, 4.69) is 30.0 Å². The van der Waals surface area contributed by atoms with Crippen molar-refractivity contribution in [2.24, 2.45) is 0 Å². The van der Waals surface area contributed by atoms with Crippen LogP contribution in [-0.4, -0.2) is 41.0 Å². The Morgan fingerprint density at radius 1 is 0.917 bits per heavy atom. The average Bonchev–Trinajstić information content (AvgIpc) is 2.85. The van der Waals surface area contributed by atoms with Crippen molar-refractivity contribution in [1.29, 1.82) is 0 Å². The second-order valence-electron chi connectivity index (χ2n) is 10.00. The fraction of sp³-hybridized carbons (Fsp3) is 0.483. The number of piperidine rings is 1. The van der Waals surface area contributed by atoms with Crippen molar-refractivity contribution >= 4 is 10.9 Å². The summed E-state index contributed by atoms with van der Waals surface area (Å²) in [5, 5.41) is 0.993. The largest absolute Gasteiger partial charge is 0.416 e. The molecule has 4 rings (SSSR count). The number of halogens is 3. The molecular formula is C29H36F3N3O. The molecule has 1 aliphatic heterocycles. The van der Waals surface area contributed by atoms with Crippen LogP contribution in [0.2, 0.25) is 0 Å². The van der Waals surface area contributed by atoms with Crippen LogP contribution in [0.15, 0.2) is 53.3 Å². The number of aryl methyl sites for hydroxylation is 1. The lowest BCUT2D eigenvalue weighted by molar-refractivity contribution is -0.138. The fourth-order valence-electron chi connectivity index (χ4n) is 5.25. The van der Waals surface area contributed by atoms with Crippen LogP contribution < -0.4 is 5.56 Å². The minimum atomic E-state index is -4.41. The Hall–Kier alpha value is -2.64. The number of likely N-dealkylation sites (tertiary alicyclic amines) is 1. The third kappa shape index (κ3) is 6.37. The zero-order valence-corrected chi connectivity index (χ0v) is 21.3. The Balaban J connectivity index is 1.63. The van der Waals surface area contributed by atoms with Crippen molar-refractivity contribution in [3.05, 3.63) is 81.1 Å². The highest BCUT2D eigenvalue weighted by Gasteiger charge is 2.33. The predicted molar refractivity (Wildman–Crippen MR) is 139 cm³/mol. The van der Waals surface area contributed by atoms with Crippen molar-refractivity contribution in [2.45, 2.75) is 64.8 Å². The van der Waals surface area contributed by atoms with Crippen LogP contribution in [-0.2, 0) is 32.2 Å². The molecule has 0 saturated carbocycles. The summed E-state index contributed by atoms with van der Waals surface area (Å²) < 4.78 is 42.3. The third-order valence-electron chi connectivity index (χ3n) is 7.07. The van der Waals surface area contributed by atoms with E-state index in [4.69, 9.17) is 0 Å². The van der Waals surface area contributed by atoms with Crippen LogP contribution in [0.4, 0.5) is 13.2 Å². The smallest absolute Gasteiger partial charge is 0.307 e. The maximum absolute atomic E-state index is 13.7. The normalized spacial score (nSPS) is 15.2. The molecule has 1 aliphatic rings. The zero-order valence-electron chi connectivity index (χ0n) is 21.3. The molecular weight excluding hydrogens is 463 g/mol. The number of fused-ring (bicyclic) bond motifs is 1. The second kappa shape index (κ2) is 11.6. The van der Waals surface area contributed by atoms with Gasteiger partial charge in [0.1, 0.15) is 0 Å². The Kier molecular flexibility index (Phi) is 8.52. The minimum absolute atomic E-state index is 0.0517. The lowest BCUT2D eigenvalue weighted by Crippen LogP contribution is -2.36. The quantitative estimate of drug-likeness (QED) is 0.357. The number of alkyl halides is 3. The Bertz CT molecular complexity index is 1230. The maximum Gasteiger partial charge on any atom is 0.416 e. The number of pyridine rings is 1. The molecule has 1 fully saturated rings. The monoisotopic (exact) mass is 499 g/mol. The van der Waals surface area contributed by atoms with E-state index in [-0.39, 0.29) is 24.2 Å². The van der Waals surface area contributed by atoms with E-state index in [1.165, 1.54) is 37.0 Å². The summed E-state index contributed by atoms with van der Waals surface area (Å²) in [6, 6.07) is 13.9. The molecule has 0 aliphatic carbocycles. The summed E-state index contributed by atoms with van der Waals surface area (Å²) >= 11 is 0. The number of hydrogen-bond donors (Lipinski definition) is 0. The summed E-state index contributed by atoms with van der Waals surface area (Å²) in [5.74, 6) is 0. The molecule has 3 aromatic rings. The fourth-order valence-corrected chi connectivity index (χ4v) is 5.25. The van der Waals surface area contributed by atoms with Crippen LogP contribution in [0.1, 0.15) is 54.9 Å². The van der Waals surface area contributed by atoms with Crippen molar-refractivity contribution in [1.82, 2.24) is 14.4 Å². The molecule has 2 heterocycles. The zero-order chi connectivity index (χ0) is 25.7. The average molecular weight is 500 g/mol. The van der Waals surface area contributed by atoms with Gasteiger partial charge in [-0.15, -0.1) is 0 Å². The summed E-state index contributed by atoms with van der Waals surface area (Å²) in [6.07, 6.45) is 1.24. The predicted octanol–water partition coefficient (Wildman–Crippen LogP) is 6.09. The third-order valence-corrected chi connectivity index (χ3v) is 7.07. The lowest BCUT2D eigenvalue weighted by atomic mass is 10.0. The molecule has 0 amide bonds. The van der Waals surface area contributed by atoms with Gasteiger partial charge in [-0.05, 0) is 74.1 Å². The number of benzene rings is 2. The lowest BCUT2D eigenvalue weighted by Gasteiger charge is -2.27. The first-order chi connectivity index (χ1) is 17.3. The van der Waals surface area contributed by atoms with Crippen LogP contribution in [0, 0.1) is 0 Å². The SMILES string of the molecule is CCCc1ccc2cc(CN(C)Cc3ccccc3C(F)(F)F)c(=O)n(CCN3CCCCC3)c2c1. The first kappa shape index (κ1) is 26.4. The molecule has 0 unspecified atom stereocenters. The minimum Gasteiger partial charge on any atom is -0.307 e. The molecule has 194 valence electrons. The number of nitrogens with zero attached hydrogens (tertiary/aromatic N) is 3. The van der Waals surface area contributed by atoms with Gasteiger partial charge in [0.2, 0.25) is 0 Å². The highest BCUT2D eigenvalue weighted by molar-refractivity contribution is 5.80. The van der Waals surface area contributed by atoms with Gasteiger partial charge in [0.15, 0.2) is 0 Å². The van der Waals surface area contributed by atoms with Crippen LogP contribution >= 0.6 is 0 Å². The maximum atomic E-state index is 13.7. The molecule has 1 aromatic heterocycles.